The molecule has 2 nitrogen and oxygen atoms in total. The van der Waals surface area contributed by atoms with E-state index in [9.17, 15) is 18.3 Å². The number of rotatable bonds is 4. The summed E-state index contributed by atoms with van der Waals surface area (Å²) < 4.78 is 37.4. The largest absolute Gasteiger partial charge is 0.417 e. The summed E-state index contributed by atoms with van der Waals surface area (Å²) in [5.41, 5.74) is 1.23. The lowest BCUT2D eigenvalue weighted by Crippen LogP contribution is -2.05. The fourth-order valence-electron chi connectivity index (χ4n) is 2.05. The first kappa shape index (κ1) is 15.5. The maximum atomic E-state index is 12.5. The van der Waals surface area contributed by atoms with Crippen molar-refractivity contribution in [1.82, 2.24) is 4.98 Å². The van der Waals surface area contributed by atoms with Crippen molar-refractivity contribution in [3.63, 3.8) is 0 Å². The lowest BCUT2D eigenvalue weighted by molar-refractivity contribution is -0.137. The van der Waals surface area contributed by atoms with E-state index in [1.807, 2.05) is 6.92 Å². The highest BCUT2D eigenvalue weighted by Gasteiger charge is 2.30. The van der Waals surface area contributed by atoms with Gasteiger partial charge in [0.15, 0.2) is 0 Å². The van der Waals surface area contributed by atoms with Crippen LogP contribution in [-0.2, 0) is 6.18 Å². The van der Waals surface area contributed by atoms with Crippen molar-refractivity contribution in [2.24, 2.45) is 0 Å². The molecule has 1 heterocycles. The van der Waals surface area contributed by atoms with E-state index in [1.165, 1.54) is 6.07 Å². The minimum absolute atomic E-state index is 0.472. The highest BCUT2D eigenvalue weighted by molar-refractivity contribution is 5.59. The second kappa shape index (κ2) is 6.26. The van der Waals surface area contributed by atoms with E-state index >= 15 is 0 Å². The van der Waals surface area contributed by atoms with Crippen LogP contribution in [0.15, 0.2) is 42.6 Å². The Morgan fingerprint density at radius 3 is 2.24 bits per heavy atom. The number of halogens is 3. The fraction of sp³-hybridized carbons (Fsp3) is 0.312. The second-order valence-corrected chi connectivity index (χ2v) is 4.86. The van der Waals surface area contributed by atoms with Crippen LogP contribution >= 0.6 is 0 Å². The van der Waals surface area contributed by atoms with E-state index in [2.05, 4.69) is 4.98 Å². The first-order valence-electron chi connectivity index (χ1n) is 6.73. The van der Waals surface area contributed by atoms with E-state index in [0.29, 0.717) is 12.1 Å². The average molecular weight is 295 g/mol. The number of hydrogen-bond acceptors (Lipinski definition) is 2. The minimum atomic E-state index is -4.38. The number of nitrogens with zero attached hydrogens (tertiary/aromatic N) is 1. The van der Waals surface area contributed by atoms with Crippen molar-refractivity contribution < 1.29 is 18.3 Å². The minimum Gasteiger partial charge on any atom is -0.388 e. The Morgan fingerprint density at radius 1 is 1.10 bits per heavy atom. The quantitative estimate of drug-likeness (QED) is 0.894. The van der Waals surface area contributed by atoms with Crippen LogP contribution < -0.4 is 0 Å². The molecule has 0 saturated heterocycles. The van der Waals surface area contributed by atoms with Gasteiger partial charge < -0.3 is 5.11 Å². The summed E-state index contributed by atoms with van der Waals surface area (Å²) in [7, 11) is 0. The SMILES string of the molecule is CCCC(O)c1ccc(-c2ccc(C(F)(F)F)cn2)cc1. The third kappa shape index (κ3) is 3.82. The van der Waals surface area contributed by atoms with E-state index in [1.54, 1.807) is 24.3 Å². The molecule has 1 aromatic heterocycles. The zero-order valence-electron chi connectivity index (χ0n) is 11.6. The molecule has 1 unspecified atom stereocenters. The molecule has 0 radical (unpaired) electrons. The summed E-state index contributed by atoms with van der Waals surface area (Å²) in [6.45, 7) is 1.99. The van der Waals surface area contributed by atoms with Gasteiger partial charge >= 0.3 is 6.18 Å². The van der Waals surface area contributed by atoms with Gasteiger partial charge in [-0.05, 0) is 24.1 Å². The van der Waals surface area contributed by atoms with Crippen molar-refractivity contribution >= 4 is 0 Å². The summed E-state index contributed by atoms with van der Waals surface area (Å²) in [5, 5.41) is 9.87. The van der Waals surface area contributed by atoms with Crippen LogP contribution in [-0.4, -0.2) is 10.1 Å². The molecule has 0 aliphatic heterocycles. The molecular formula is C16H16F3NO. The van der Waals surface area contributed by atoms with Crippen molar-refractivity contribution in [3.8, 4) is 11.3 Å². The van der Waals surface area contributed by atoms with Crippen LogP contribution in [0.3, 0.4) is 0 Å². The van der Waals surface area contributed by atoms with Crippen molar-refractivity contribution in [2.75, 3.05) is 0 Å². The molecule has 5 heteroatoms. The van der Waals surface area contributed by atoms with Gasteiger partial charge in [-0.3, -0.25) is 4.98 Å². The monoisotopic (exact) mass is 295 g/mol. The molecule has 0 fully saturated rings. The predicted molar refractivity (Wildman–Crippen MR) is 74.5 cm³/mol. The maximum absolute atomic E-state index is 12.5. The molecule has 2 aromatic rings. The highest BCUT2D eigenvalue weighted by Crippen LogP contribution is 2.30. The molecule has 0 spiro atoms. The van der Waals surface area contributed by atoms with Crippen molar-refractivity contribution in [1.29, 1.82) is 0 Å². The van der Waals surface area contributed by atoms with Gasteiger partial charge in [0.2, 0.25) is 0 Å². The molecule has 112 valence electrons. The zero-order valence-corrected chi connectivity index (χ0v) is 11.6. The first-order chi connectivity index (χ1) is 9.91. The highest BCUT2D eigenvalue weighted by atomic mass is 19.4. The van der Waals surface area contributed by atoms with Crippen LogP contribution in [0.5, 0.6) is 0 Å². The number of aliphatic hydroxyl groups excluding tert-OH is 1. The average Bonchev–Trinajstić information content (AvgIpc) is 2.47. The van der Waals surface area contributed by atoms with Crippen molar-refractivity contribution in [2.45, 2.75) is 32.0 Å². The van der Waals surface area contributed by atoms with Gasteiger partial charge in [-0.2, -0.15) is 13.2 Å². The third-order valence-corrected chi connectivity index (χ3v) is 3.24. The van der Waals surface area contributed by atoms with Gasteiger partial charge in [0.05, 0.1) is 17.4 Å². The molecule has 2 rings (SSSR count). The van der Waals surface area contributed by atoms with Gasteiger partial charge in [-0.25, -0.2) is 0 Å². The number of aromatic nitrogens is 1. The molecule has 0 amide bonds. The summed E-state index contributed by atoms with van der Waals surface area (Å²) in [5.74, 6) is 0. The molecule has 0 aliphatic rings. The lowest BCUT2D eigenvalue weighted by atomic mass is 10.0. The number of pyridine rings is 1. The summed E-state index contributed by atoms with van der Waals surface area (Å²) in [6, 6.07) is 9.42. The Kier molecular flexibility index (Phi) is 4.63. The molecule has 1 aromatic carbocycles. The number of aliphatic hydroxyl groups is 1. The second-order valence-electron chi connectivity index (χ2n) is 4.86. The van der Waals surface area contributed by atoms with Crippen LogP contribution in [0.2, 0.25) is 0 Å². The molecule has 0 saturated carbocycles. The number of hydrogen-bond donors (Lipinski definition) is 1. The van der Waals surface area contributed by atoms with Gasteiger partial charge in [0, 0.05) is 11.8 Å². The molecule has 0 aliphatic carbocycles. The van der Waals surface area contributed by atoms with E-state index in [4.69, 9.17) is 0 Å². The Balaban J connectivity index is 2.19. The van der Waals surface area contributed by atoms with E-state index in [0.717, 1.165) is 29.8 Å². The Bertz CT molecular complexity index is 576. The standard InChI is InChI=1S/C16H16F3NO/c1-2-3-15(21)12-6-4-11(5-7-12)14-9-8-13(10-20-14)16(17,18)19/h4-10,15,21H,2-3H2,1H3. The number of alkyl halides is 3. The topological polar surface area (TPSA) is 33.1 Å². The van der Waals surface area contributed by atoms with Crippen LogP contribution in [0, 0.1) is 0 Å². The van der Waals surface area contributed by atoms with Gasteiger partial charge in [-0.1, -0.05) is 37.6 Å². The molecular weight excluding hydrogens is 279 g/mol. The summed E-state index contributed by atoms with van der Waals surface area (Å²) in [4.78, 5) is 3.84. The van der Waals surface area contributed by atoms with E-state index < -0.39 is 17.8 Å². The first-order valence-corrected chi connectivity index (χ1v) is 6.73. The van der Waals surface area contributed by atoms with Crippen LogP contribution in [0.25, 0.3) is 11.3 Å². The Morgan fingerprint density at radius 2 is 1.76 bits per heavy atom. The van der Waals surface area contributed by atoms with Gasteiger partial charge in [0.1, 0.15) is 0 Å². The Hall–Kier alpha value is -1.88. The van der Waals surface area contributed by atoms with Crippen LogP contribution in [0.4, 0.5) is 13.2 Å². The Labute approximate surface area is 121 Å². The summed E-state index contributed by atoms with van der Waals surface area (Å²) in [6.07, 6.45) is -2.50. The maximum Gasteiger partial charge on any atom is 0.417 e. The van der Waals surface area contributed by atoms with Gasteiger partial charge in [-0.15, -0.1) is 0 Å². The molecule has 21 heavy (non-hydrogen) atoms. The van der Waals surface area contributed by atoms with Crippen LogP contribution in [0.1, 0.15) is 37.0 Å². The lowest BCUT2D eigenvalue weighted by Gasteiger charge is -2.11. The molecule has 1 atom stereocenters. The van der Waals surface area contributed by atoms with E-state index in [-0.39, 0.29) is 0 Å². The predicted octanol–water partition coefficient (Wildman–Crippen LogP) is 4.60. The smallest absolute Gasteiger partial charge is 0.388 e. The zero-order chi connectivity index (χ0) is 15.5. The fourth-order valence-corrected chi connectivity index (χ4v) is 2.05. The normalized spacial score (nSPS) is 13.2. The molecule has 0 bridgehead atoms. The van der Waals surface area contributed by atoms with Gasteiger partial charge in [0.25, 0.3) is 0 Å². The molecule has 1 N–H and O–H groups in total. The third-order valence-electron chi connectivity index (χ3n) is 3.24. The summed E-state index contributed by atoms with van der Waals surface area (Å²) >= 11 is 0. The van der Waals surface area contributed by atoms with Crippen molar-refractivity contribution in [3.05, 3.63) is 53.7 Å². The number of benzene rings is 1.